The van der Waals surface area contributed by atoms with E-state index in [1.54, 1.807) is 21.2 Å². The predicted molar refractivity (Wildman–Crippen MR) is 79.7 cm³/mol. The quantitative estimate of drug-likeness (QED) is 0.399. The van der Waals surface area contributed by atoms with Gasteiger partial charge in [0.2, 0.25) is 5.91 Å². The van der Waals surface area contributed by atoms with E-state index in [-0.39, 0.29) is 35.9 Å². The zero-order valence-corrected chi connectivity index (χ0v) is 13.2. The maximum absolute atomic E-state index is 11.2. The van der Waals surface area contributed by atoms with Crippen molar-refractivity contribution in [3.63, 3.8) is 0 Å². The first-order valence-electron chi connectivity index (χ1n) is 5.23. The number of hydrogen-bond acceptors (Lipinski definition) is 3. The van der Waals surface area contributed by atoms with Crippen molar-refractivity contribution in [3.8, 4) is 0 Å². The number of amides is 1. The molecular formula is C10H23IN4O2. The zero-order chi connectivity index (χ0) is 12.6. The van der Waals surface area contributed by atoms with Gasteiger partial charge in [0.25, 0.3) is 0 Å². The number of carbonyl (C=O) groups excluding carboxylic acids is 1. The van der Waals surface area contributed by atoms with E-state index in [9.17, 15) is 4.79 Å². The van der Waals surface area contributed by atoms with Gasteiger partial charge < -0.3 is 20.7 Å². The van der Waals surface area contributed by atoms with Crippen LogP contribution in [0.3, 0.4) is 0 Å². The Morgan fingerprint density at radius 2 is 2.12 bits per heavy atom. The van der Waals surface area contributed by atoms with Crippen molar-refractivity contribution < 1.29 is 9.53 Å². The average Bonchev–Trinajstić information content (AvgIpc) is 2.17. The average molecular weight is 358 g/mol. The van der Waals surface area contributed by atoms with Gasteiger partial charge in [-0.15, -0.1) is 24.0 Å². The molecule has 1 atom stereocenters. The van der Waals surface area contributed by atoms with E-state index in [2.05, 4.69) is 10.3 Å². The fraction of sp³-hybridized carbons (Fsp3) is 0.800. The summed E-state index contributed by atoms with van der Waals surface area (Å²) in [6.45, 7) is 2.90. The second kappa shape index (κ2) is 10.6. The summed E-state index contributed by atoms with van der Waals surface area (Å²) in [6, 6.07) is 0.110. The molecule has 7 heteroatoms. The molecule has 0 radical (unpaired) electrons. The van der Waals surface area contributed by atoms with Crippen LogP contribution in [0.1, 0.15) is 13.3 Å². The van der Waals surface area contributed by atoms with E-state index in [4.69, 9.17) is 10.5 Å². The molecule has 0 saturated heterocycles. The van der Waals surface area contributed by atoms with Crippen LogP contribution in [0, 0.1) is 0 Å². The standard InChI is InChI=1S/C10H22N4O2.HI/c1-8(7-16-4)13-10(11)12-6-5-9(15)14(2)3;/h8H,5-7H2,1-4H3,(H3,11,12,13);1H. The molecule has 0 fully saturated rings. The normalized spacial score (nSPS) is 12.6. The van der Waals surface area contributed by atoms with Gasteiger partial charge in [-0.05, 0) is 6.92 Å². The summed E-state index contributed by atoms with van der Waals surface area (Å²) in [4.78, 5) is 16.8. The minimum atomic E-state index is 0. The molecule has 0 aromatic heterocycles. The number of aliphatic imine (C=N–C) groups is 1. The van der Waals surface area contributed by atoms with Crippen molar-refractivity contribution in [2.45, 2.75) is 19.4 Å². The van der Waals surface area contributed by atoms with Gasteiger partial charge in [0.1, 0.15) is 0 Å². The summed E-state index contributed by atoms with van der Waals surface area (Å²) in [5.41, 5.74) is 5.63. The zero-order valence-electron chi connectivity index (χ0n) is 10.9. The Labute approximate surface area is 120 Å². The molecule has 0 bridgehead atoms. The van der Waals surface area contributed by atoms with Crippen molar-refractivity contribution in [1.82, 2.24) is 10.2 Å². The molecule has 0 aliphatic heterocycles. The minimum absolute atomic E-state index is 0. The Balaban J connectivity index is 0. The lowest BCUT2D eigenvalue weighted by molar-refractivity contribution is -0.128. The predicted octanol–water partition coefficient (Wildman–Crippen LogP) is 0.0219. The van der Waals surface area contributed by atoms with Gasteiger partial charge in [-0.25, -0.2) is 0 Å². The summed E-state index contributed by atoms with van der Waals surface area (Å²) in [5.74, 6) is 0.387. The maximum atomic E-state index is 11.2. The van der Waals surface area contributed by atoms with E-state index in [1.807, 2.05) is 6.92 Å². The van der Waals surface area contributed by atoms with E-state index in [0.29, 0.717) is 25.5 Å². The van der Waals surface area contributed by atoms with Crippen molar-refractivity contribution >= 4 is 35.8 Å². The molecule has 0 aliphatic carbocycles. The largest absolute Gasteiger partial charge is 0.383 e. The smallest absolute Gasteiger partial charge is 0.223 e. The Morgan fingerprint density at radius 1 is 1.53 bits per heavy atom. The van der Waals surface area contributed by atoms with Crippen molar-refractivity contribution in [2.75, 3.05) is 34.4 Å². The van der Waals surface area contributed by atoms with E-state index in [0.717, 1.165) is 0 Å². The maximum Gasteiger partial charge on any atom is 0.223 e. The Morgan fingerprint density at radius 3 is 2.59 bits per heavy atom. The summed E-state index contributed by atoms with van der Waals surface area (Å²) in [6.07, 6.45) is 0.369. The van der Waals surface area contributed by atoms with E-state index in [1.165, 1.54) is 4.90 Å². The summed E-state index contributed by atoms with van der Waals surface area (Å²) in [5, 5.41) is 2.96. The molecule has 17 heavy (non-hydrogen) atoms. The molecule has 0 saturated carbocycles. The third-order valence-electron chi connectivity index (χ3n) is 1.92. The molecule has 0 aromatic carbocycles. The lowest BCUT2D eigenvalue weighted by atomic mass is 10.3. The van der Waals surface area contributed by atoms with Gasteiger partial charge in [0.05, 0.1) is 13.2 Å². The molecule has 0 rings (SSSR count). The fourth-order valence-electron chi connectivity index (χ4n) is 1.09. The molecule has 0 aromatic rings. The number of nitrogens with zero attached hydrogens (tertiary/aromatic N) is 2. The van der Waals surface area contributed by atoms with E-state index < -0.39 is 0 Å². The van der Waals surface area contributed by atoms with Gasteiger partial charge in [-0.1, -0.05) is 0 Å². The van der Waals surface area contributed by atoms with Crippen LogP contribution in [0.4, 0.5) is 0 Å². The van der Waals surface area contributed by atoms with Gasteiger partial charge in [0, 0.05) is 33.7 Å². The number of rotatable bonds is 6. The number of carbonyl (C=O) groups is 1. The summed E-state index contributed by atoms with van der Waals surface area (Å²) < 4.78 is 4.94. The van der Waals surface area contributed by atoms with Crippen LogP contribution in [-0.2, 0) is 9.53 Å². The molecular weight excluding hydrogens is 335 g/mol. The summed E-state index contributed by atoms with van der Waals surface area (Å²) in [7, 11) is 5.06. The van der Waals surface area contributed by atoms with Crippen LogP contribution in [0.5, 0.6) is 0 Å². The molecule has 3 N–H and O–H groups in total. The molecule has 1 unspecified atom stereocenters. The number of nitrogens with one attached hydrogen (secondary N) is 1. The number of halogens is 1. The van der Waals surface area contributed by atoms with Gasteiger partial charge >= 0.3 is 0 Å². The van der Waals surface area contributed by atoms with Crippen LogP contribution in [0.2, 0.25) is 0 Å². The monoisotopic (exact) mass is 358 g/mol. The molecule has 0 spiro atoms. The third kappa shape index (κ3) is 10.3. The highest BCUT2D eigenvalue weighted by Gasteiger charge is 2.04. The first-order chi connectivity index (χ1) is 7.47. The fourth-order valence-corrected chi connectivity index (χ4v) is 1.09. The van der Waals surface area contributed by atoms with Crippen LogP contribution >= 0.6 is 24.0 Å². The highest BCUT2D eigenvalue weighted by Crippen LogP contribution is 1.88. The summed E-state index contributed by atoms with van der Waals surface area (Å²) >= 11 is 0. The van der Waals surface area contributed by atoms with Gasteiger partial charge in [-0.3, -0.25) is 9.79 Å². The van der Waals surface area contributed by atoms with Crippen molar-refractivity contribution in [3.05, 3.63) is 0 Å². The highest BCUT2D eigenvalue weighted by molar-refractivity contribution is 14.0. The minimum Gasteiger partial charge on any atom is -0.383 e. The van der Waals surface area contributed by atoms with Crippen molar-refractivity contribution in [1.29, 1.82) is 0 Å². The topological polar surface area (TPSA) is 80.0 Å². The van der Waals surface area contributed by atoms with Crippen molar-refractivity contribution in [2.24, 2.45) is 10.7 Å². The molecule has 1 amide bonds. The second-order valence-electron chi connectivity index (χ2n) is 3.81. The van der Waals surface area contributed by atoms with Gasteiger partial charge in [0.15, 0.2) is 5.96 Å². The number of nitrogens with two attached hydrogens (primary N) is 1. The first-order valence-corrected chi connectivity index (χ1v) is 5.23. The Hall–Kier alpha value is -0.570. The van der Waals surface area contributed by atoms with Crippen LogP contribution in [0.25, 0.3) is 0 Å². The number of ether oxygens (including phenoxy) is 1. The Bertz CT molecular complexity index is 246. The number of hydrogen-bond donors (Lipinski definition) is 2. The highest BCUT2D eigenvalue weighted by atomic mass is 127. The SMILES string of the molecule is COCC(C)NC(N)=NCCC(=O)N(C)C.I. The molecule has 102 valence electrons. The second-order valence-corrected chi connectivity index (χ2v) is 3.81. The van der Waals surface area contributed by atoms with Crippen LogP contribution in [-0.4, -0.2) is 57.2 Å². The van der Waals surface area contributed by atoms with Crippen LogP contribution in [0.15, 0.2) is 4.99 Å². The van der Waals surface area contributed by atoms with Crippen LogP contribution < -0.4 is 11.1 Å². The number of methoxy groups -OCH3 is 1. The first kappa shape index (κ1) is 18.8. The molecule has 6 nitrogen and oxygen atoms in total. The van der Waals surface area contributed by atoms with E-state index >= 15 is 0 Å². The lowest BCUT2D eigenvalue weighted by Crippen LogP contribution is -2.40. The third-order valence-corrected chi connectivity index (χ3v) is 1.92. The number of guanidine groups is 1. The molecule has 0 aliphatic rings. The Kier molecular flexibility index (Phi) is 11.7. The molecule has 0 heterocycles. The van der Waals surface area contributed by atoms with Gasteiger partial charge in [-0.2, -0.15) is 0 Å². The lowest BCUT2D eigenvalue weighted by Gasteiger charge is -2.13.